The summed E-state index contributed by atoms with van der Waals surface area (Å²) in [5.74, 6) is -2.03. The maximum atomic E-state index is 13.0. The molecule has 0 bridgehead atoms. The minimum absolute atomic E-state index is 0. The number of fused-ring (bicyclic) bond motifs is 2. The van der Waals surface area contributed by atoms with Gasteiger partial charge in [0.2, 0.25) is 11.8 Å². The molecule has 0 spiro atoms. The van der Waals surface area contributed by atoms with E-state index in [-0.39, 0.29) is 88.3 Å². The van der Waals surface area contributed by atoms with Gasteiger partial charge < -0.3 is 64.6 Å². The molecule has 4 amide bonds. The van der Waals surface area contributed by atoms with Crippen molar-refractivity contribution < 1.29 is 91.8 Å². The third-order valence-electron chi connectivity index (χ3n) is 13.4. The van der Waals surface area contributed by atoms with Crippen LogP contribution in [-0.2, 0) is 42.7 Å². The molecule has 21 nitrogen and oxygen atoms in total. The predicted octanol–water partition coefficient (Wildman–Crippen LogP) is -1.65. The fourth-order valence-corrected chi connectivity index (χ4v) is 9.67. The number of amides is 4. The molecule has 8 N–H and O–H groups in total. The number of nitrogens with one attached hydrogen (secondary N) is 4. The summed E-state index contributed by atoms with van der Waals surface area (Å²) in [5.41, 5.74) is -5.51. The second-order valence-corrected chi connectivity index (χ2v) is 20.7. The summed E-state index contributed by atoms with van der Waals surface area (Å²) in [4.78, 5) is 77.6. The molecule has 5 saturated heterocycles. The number of rotatable bonds is 14. The molecular formula is C41H73B2LiN6O15. The van der Waals surface area contributed by atoms with Crippen molar-refractivity contribution in [3.05, 3.63) is 0 Å². The summed E-state index contributed by atoms with van der Waals surface area (Å²) >= 11 is 0. The van der Waals surface area contributed by atoms with E-state index < -0.39 is 69.6 Å². The minimum atomic E-state index is -1.44. The van der Waals surface area contributed by atoms with Gasteiger partial charge in [-0.2, -0.15) is 0 Å². The second kappa shape index (κ2) is 21.9. The van der Waals surface area contributed by atoms with Crippen LogP contribution in [0.15, 0.2) is 0 Å². The van der Waals surface area contributed by atoms with Gasteiger partial charge in [-0.05, 0) is 121 Å². The molecule has 0 unspecified atom stereocenters. The molecule has 0 aromatic carbocycles. The van der Waals surface area contributed by atoms with E-state index in [1.54, 1.807) is 46.4 Å². The standard InChI is InChI=1S/C24H42BN3O7.C17H30BN3O7.Li.H2O/c1-20(2,3)33-19(31)26-14-17(29)28-15-23(11-13-27-24(23,16-28)18(30)32-8)10-9-12-25-34-21(4,5)22(6,7)35-25;1-15(2,3)28-14(25)19-9-12(22)21-10-16(5-4-7-18(26)27)6-8-20-17(16,11-21)13(23)24;;/h27H,9-16H2,1-8H3,(H,26,31);20,26-27H,4-11H2,1-3H3,(H,19,25)(H,23,24);;1H2/q;;+1;/p-1/t23-,24-;16-,17-;;/m11../s1. The van der Waals surface area contributed by atoms with Crippen LogP contribution in [0, 0.1) is 10.8 Å². The van der Waals surface area contributed by atoms with Gasteiger partial charge in [-0.25, -0.2) is 14.4 Å². The summed E-state index contributed by atoms with van der Waals surface area (Å²) in [6, 6.07) is 0. The van der Waals surface area contributed by atoms with Gasteiger partial charge in [-0.3, -0.25) is 25.0 Å². The number of carbonyl (C=O) groups is 6. The molecule has 24 heteroatoms. The van der Waals surface area contributed by atoms with Crippen LogP contribution in [0.1, 0.15) is 108 Å². The predicted molar refractivity (Wildman–Crippen MR) is 233 cm³/mol. The van der Waals surface area contributed by atoms with Gasteiger partial charge in [0.05, 0.1) is 31.4 Å². The summed E-state index contributed by atoms with van der Waals surface area (Å²) in [6.07, 6.45) is 3.17. The number of hydrogen-bond acceptors (Lipinski definition) is 16. The first kappa shape index (κ1) is 58.0. The fraction of sp³-hybridized carbons (Fsp3) is 0.854. The van der Waals surface area contributed by atoms with Gasteiger partial charge in [-0.1, -0.05) is 12.8 Å². The first-order chi connectivity index (χ1) is 29.0. The number of carboxylic acid groups (broad SMARTS) is 1. The topological polar surface area (TPSA) is 294 Å². The Balaban J connectivity index is 0.000000444. The van der Waals surface area contributed by atoms with Crippen LogP contribution in [-0.4, -0.2) is 174 Å². The van der Waals surface area contributed by atoms with Crippen LogP contribution < -0.4 is 40.1 Å². The van der Waals surface area contributed by atoms with Crippen LogP contribution in [0.4, 0.5) is 9.59 Å². The Morgan fingerprint density at radius 1 is 0.723 bits per heavy atom. The number of methoxy groups -OCH3 is 1. The molecule has 0 radical (unpaired) electrons. The molecule has 5 fully saturated rings. The molecular weight excluding hydrogens is 845 g/mol. The van der Waals surface area contributed by atoms with Crippen molar-refractivity contribution in [1.29, 1.82) is 0 Å². The number of ether oxygens (including phenoxy) is 3. The maximum absolute atomic E-state index is 13.0. The Morgan fingerprint density at radius 3 is 1.55 bits per heavy atom. The zero-order valence-corrected chi connectivity index (χ0v) is 40.6. The Bertz CT molecular complexity index is 1700. The second-order valence-electron chi connectivity index (χ2n) is 20.7. The Hall–Kier alpha value is -3.13. The summed E-state index contributed by atoms with van der Waals surface area (Å²) in [7, 11) is -0.376. The van der Waals surface area contributed by atoms with Crippen LogP contribution >= 0.6 is 0 Å². The van der Waals surface area contributed by atoms with Gasteiger partial charge in [0, 0.05) is 23.9 Å². The third-order valence-corrected chi connectivity index (χ3v) is 13.4. The average molecular weight is 919 g/mol. The number of nitrogens with zero attached hydrogens (tertiary/aromatic N) is 2. The molecule has 4 atom stereocenters. The van der Waals surface area contributed by atoms with E-state index in [2.05, 4.69) is 21.3 Å². The molecule has 5 rings (SSSR count). The van der Waals surface area contributed by atoms with Crippen LogP contribution in [0.2, 0.25) is 12.6 Å². The number of carbonyl (C=O) groups excluding carboxylic acids is 5. The largest absolute Gasteiger partial charge is 1.00 e. The summed E-state index contributed by atoms with van der Waals surface area (Å²) < 4.78 is 27.8. The molecule has 65 heavy (non-hydrogen) atoms. The number of hydrogen-bond donors (Lipinski definition) is 7. The Kier molecular flexibility index (Phi) is 19.5. The van der Waals surface area contributed by atoms with Gasteiger partial charge in [0.25, 0.3) is 0 Å². The monoisotopic (exact) mass is 919 g/mol. The first-order valence-electron chi connectivity index (χ1n) is 22.0. The van der Waals surface area contributed by atoms with Gasteiger partial charge >= 0.3 is 57.2 Å². The number of carboxylic acids is 1. The normalized spacial score (nSPS) is 27.2. The fourth-order valence-electron chi connectivity index (χ4n) is 9.67. The quantitative estimate of drug-likeness (QED) is 0.0584. The van der Waals surface area contributed by atoms with Crippen molar-refractivity contribution in [3.8, 4) is 0 Å². The van der Waals surface area contributed by atoms with Crippen LogP contribution in [0.25, 0.3) is 0 Å². The third kappa shape index (κ3) is 13.3. The van der Waals surface area contributed by atoms with E-state index >= 15 is 0 Å². The van der Waals surface area contributed by atoms with Crippen LogP contribution in [0.5, 0.6) is 0 Å². The zero-order valence-electron chi connectivity index (χ0n) is 40.6. The van der Waals surface area contributed by atoms with Gasteiger partial charge in [0.15, 0.2) is 0 Å². The van der Waals surface area contributed by atoms with Crippen molar-refractivity contribution in [1.82, 2.24) is 31.1 Å². The van der Waals surface area contributed by atoms with Crippen molar-refractivity contribution >= 4 is 50.2 Å². The first-order valence-corrected chi connectivity index (χ1v) is 22.0. The van der Waals surface area contributed by atoms with Crippen molar-refractivity contribution in [2.45, 2.75) is 154 Å². The van der Waals surface area contributed by atoms with Crippen LogP contribution in [0.3, 0.4) is 0 Å². The summed E-state index contributed by atoms with van der Waals surface area (Å²) in [5, 5.41) is 39.4. The molecule has 5 aliphatic heterocycles. The number of likely N-dealkylation sites (tertiary alicyclic amines) is 2. The number of aliphatic carboxylic acids is 1. The molecule has 0 aromatic heterocycles. The smallest absolute Gasteiger partial charge is 0.870 e. The Labute approximate surface area is 396 Å². The van der Waals surface area contributed by atoms with Gasteiger partial charge in [0.1, 0.15) is 35.4 Å². The van der Waals surface area contributed by atoms with Gasteiger partial charge in [-0.15, -0.1) is 0 Å². The van der Waals surface area contributed by atoms with E-state index in [0.29, 0.717) is 51.6 Å². The number of esters is 1. The van der Waals surface area contributed by atoms with Crippen molar-refractivity contribution in [3.63, 3.8) is 0 Å². The molecule has 5 aliphatic rings. The van der Waals surface area contributed by atoms with E-state index in [4.69, 9.17) is 33.6 Å². The molecule has 5 heterocycles. The number of alkyl carbamates (subject to hydrolysis) is 2. The van der Waals surface area contributed by atoms with E-state index in [9.17, 15) is 33.9 Å². The van der Waals surface area contributed by atoms with E-state index in [0.717, 1.165) is 12.8 Å². The van der Waals surface area contributed by atoms with Crippen molar-refractivity contribution in [2.24, 2.45) is 10.8 Å². The molecule has 0 aromatic rings. The molecule has 364 valence electrons. The maximum Gasteiger partial charge on any atom is 1.00 e. The van der Waals surface area contributed by atoms with E-state index in [1.165, 1.54) is 12.0 Å². The molecule has 0 aliphatic carbocycles. The summed E-state index contributed by atoms with van der Waals surface area (Å²) in [6.45, 7) is 20.1. The average Bonchev–Trinajstić information content (AvgIpc) is 3.89. The Morgan fingerprint density at radius 2 is 1.14 bits per heavy atom. The minimum Gasteiger partial charge on any atom is -0.870 e. The van der Waals surface area contributed by atoms with Crippen molar-refractivity contribution in [2.75, 3.05) is 59.5 Å². The zero-order chi connectivity index (χ0) is 47.5. The van der Waals surface area contributed by atoms with E-state index in [1.807, 2.05) is 27.7 Å². The molecule has 0 saturated carbocycles. The SMILES string of the molecule is CC(C)(C)OC(=O)NCC(=O)N1C[C@@]2(CCCB(O)O)CCN[C@@]2(C(=O)O)C1.COC(=O)[C@]12CN(C(=O)CNC(=O)OC(C)(C)C)C[C@@]1(CCCB1OC(C)(C)C(C)(C)O1)CCN2.[Li+].[OH-].